The molecular weight excluding hydrogens is 477 g/mol. The number of methoxy groups -OCH3 is 3. The number of ether oxygens (including phenoxy) is 3. The van der Waals surface area contributed by atoms with Crippen molar-refractivity contribution in [2.75, 3.05) is 39.0 Å². The quantitative estimate of drug-likeness (QED) is 0.314. The van der Waals surface area contributed by atoms with Gasteiger partial charge in [0.25, 0.3) is 0 Å². The van der Waals surface area contributed by atoms with Crippen LogP contribution in [0.1, 0.15) is 5.56 Å². The fraction of sp³-hybridized carbons (Fsp3) is 0.208. The summed E-state index contributed by atoms with van der Waals surface area (Å²) in [6.45, 7) is 2.02. The molecule has 2 aromatic heterocycles. The van der Waals surface area contributed by atoms with E-state index in [1.807, 2.05) is 38.2 Å². The lowest BCUT2D eigenvalue weighted by molar-refractivity contribution is 0.394. The predicted octanol–water partition coefficient (Wildman–Crippen LogP) is 6.12. The Hall–Kier alpha value is -3.49. The molecule has 0 radical (unpaired) electrons. The zero-order chi connectivity index (χ0) is 24.4. The fourth-order valence-electron chi connectivity index (χ4n) is 3.59. The van der Waals surface area contributed by atoms with Gasteiger partial charge in [0.2, 0.25) is 5.88 Å². The number of anilines is 3. The lowest BCUT2D eigenvalue weighted by Gasteiger charge is -2.16. The van der Waals surface area contributed by atoms with Gasteiger partial charge < -0.3 is 24.8 Å². The number of fused-ring (bicyclic) bond motifs is 1. The predicted molar refractivity (Wildman–Crippen MR) is 136 cm³/mol. The maximum absolute atomic E-state index is 6.57. The average molecular weight is 500 g/mol. The lowest BCUT2D eigenvalue weighted by Crippen LogP contribution is -2.02. The molecule has 176 valence electrons. The first-order valence-corrected chi connectivity index (χ1v) is 11.0. The number of pyridine rings is 1. The molecule has 8 nitrogen and oxygen atoms in total. The monoisotopic (exact) mass is 499 g/mol. The van der Waals surface area contributed by atoms with Crippen molar-refractivity contribution in [1.82, 2.24) is 15.0 Å². The van der Waals surface area contributed by atoms with Crippen molar-refractivity contribution < 1.29 is 14.2 Å². The van der Waals surface area contributed by atoms with Crippen molar-refractivity contribution >= 4 is 51.3 Å². The molecule has 0 saturated heterocycles. The molecule has 0 amide bonds. The van der Waals surface area contributed by atoms with E-state index in [-0.39, 0.29) is 15.9 Å². The second-order valence-corrected chi connectivity index (χ2v) is 8.06. The number of aryl methyl sites for hydroxylation is 1. The van der Waals surface area contributed by atoms with Gasteiger partial charge in [-0.1, -0.05) is 35.3 Å². The summed E-state index contributed by atoms with van der Waals surface area (Å²) in [7, 11) is 6.42. The zero-order valence-electron chi connectivity index (χ0n) is 19.3. The van der Waals surface area contributed by atoms with E-state index in [0.717, 1.165) is 16.9 Å². The van der Waals surface area contributed by atoms with Gasteiger partial charge >= 0.3 is 0 Å². The number of hydrogen-bond acceptors (Lipinski definition) is 8. The first-order valence-electron chi connectivity index (χ1n) is 10.3. The van der Waals surface area contributed by atoms with Crippen molar-refractivity contribution in [3.8, 4) is 28.8 Å². The molecule has 2 N–H and O–H groups in total. The summed E-state index contributed by atoms with van der Waals surface area (Å²) in [6.07, 6.45) is 1.64. The van der Waals surface area contributed by atoms with Crippen LogP contribution in [0.25, 0.3) is 22.3 Å². The molecule has 2 heterocycles. The Labute approximate surface area is 207 Å². The van der Waals surface area contributed by atoms with Gasteiger partial charge in [0.1, 0.15) is 17.3 Å². The SMILES string of the molecule is CNc1cccc(C)c1Nc1cc2c(OC)nc(-c3c(Cl)c(OC)cc(OC)c3Cl)nc2cn1. The summed E-state index contributed by atoms with van der Waals surface area (Å²) in [5.41, 5.74) is 3.89. The average Bonchev–Trinajstić information content (AvgIpc) is 2.85. The normalized spacial score (nSPS) is 10.8. The van der Waals surface area contributed by atoms with Gasteiger partial charge in [-0.15, -0.1) is 0 Å². The second-order valence-electron chi connectivity index (χ2n) is 7.30. The molecule has 2 aromatic carbocycles. The van der Waals surface area contributed by atoms with E-state index in [2.05, 4.69) is 25.6 Å². The van der Waals surface area contributed by atoms with Crippen molar-refractivity contribution in [3.63, 3.8) is 0 Å². The number of para-hydroxylation sites is 1. The van der Waals surface area contributed by atoms with Crippen molar-refractivity contribution in [2.45, 2.75) is 6.92 Å². The van der Waals surface area contributed by atoms with E-state index in [1.165, 1.54) is 21.3 Å². The van der Waals surface area contributed by atoms with Crippen LogP contribution in [-0.2, 0) is 0 Å². The number of halogens is 2. The molecule has 4 rings (SSSR count). The molecule has 0 aliphatic rings. The molecule has 0 spiro atoms. The molecule has 0 saturated carbocycles. The van der Waals surface area contributed by atoms with Gasteiger partial charge in [-0.05, 0) is 24.6 Å². The molecule has 0 unspecified atom stereocenters. The Balaban J connectivity index is 1.85. The summed E-state index contributed by atoms with van der Waals surface area (Å²) < 4.78 is 16.3. The van der Waals surface area contributed by atoms with Crippen LogP contribution in [0.4, 0.5) is 17.2 Å². The molecule has 4 aromatic rings. The number of hydrogen-bond donors (Lipinski definition) is 2. The highest BCUT2D eigenvalue weighted by atomic mass is 35.5. The van der Waals surface area contributed by atoms with Crippen LogP contribution in [0, 0.1) is 6.92 Å². The first kappa shape index (κ1) is 23.7. The van der Waals surface area contributed by atoms with Gasteiger partial charge in [-0.25, -0.2) is 9.97 Å². The van der Waals surface area contributed by atoms with Gasteiger partial charge in [0, 0.05) is 13.1 Å². The van der Waals surface area contributed by atoms with Gasteiger partial charge in [0.05, 0.1) is 65.4 Å². The molecule has 10 heteroatoms. The number of nitrogens with zero attached hydrogens (tertiary/aromatic N) is 3. The van der Waals surface area contributed by atoms with Gasteiger partial charge in [-0.3, -0.25) is 0 Å². The number of nitrogens with one attached hydrogen (secondary N) is 2. The third kappa shape index (κ3) is 4.22. The van der Waals surface area contributed by atoms with E-state index in [9.17, 15) is 0 Å². The molecule has 0 aliphatic carbocycles. The first-order chi connectivity index (χ1) is 16.4. The smallest absolute Gasteiger partial charge is 0.224 e. The van der Waals surface area contributed by atoms with Crippen molar-refractivity contribution in [3.05, 3.63) is 52.1 Å². The molecule has 0 aliphatic heterocycles. The zero-order valence-corrected chi connectivity index (χ0v) is 20.8. The molecule has 0 bridgehead atoms. The van der Waals surface area contributed by atoms with Crippen LogP contribution in [-0.4, -0.2) is 43.3 Å². The van der Waals surface area contributed by atoms with E-state index in [0.29, 0.717) is 39.7 Å². The highest BCUT2D eigenvalue weighted by Crippen LogP contribution is 2.45. The minimum atomic E-state index is 0.260. The summed E-state index contributed by atoms with van der Waals surface area (Å²) in [5.74, 6) is 1.99. The van der Waals surface area contributed by atoms with E-state index >= 15 is 0 Å². The van der Waals surface area contributed by atoms with E-state index < -0.39 is 0 Å². The second kappa shape index (κ2) is 9.79. The van der Waals surface area contributed by atoms with Crippen LogP contribution < -0.4 is 24.8 Å². The van der Waals surface area contributed by atoms with Crippen LogP contribution in [0.2, 0.25) is 10.0 Å². The minimum absolute atomic E-state index is 0.260. The Bertz CT molecular complexity index is 1350. The maximum atomic E-state index is 6.57. The standard InChI is InChI=1S/C24H23Cl2N5O3/c1-12-7-6-8-14(27-2)22(12)30-18-9-13-15(11-28-18)29-23(31-24(13)34-5)19-20(25)16(32-3)10-17(33-4)21(19)26/h6-11,27H,1-5H3,(H,28,30). The molecular formula is C24H23Cl2N5O3. The third-order valence-electron chi connectivity index (χ3n) is 5.33. The van der Waals surface area contributed by atoms with Gasteiger partial charge in [0.15, 0.2) is 5.82 Å². The topological polar surface area (TPSA) is 90.4 Å². The minimum Gasteiger partial charge on any atom is -0.495 e. The summed E-state index contributed by atoms with van der Waals surface area (Å²) >= 11 is 13.1. The Kier molecular flexibility index (Phi) is 6.81. The number of aromatic nitrogens is 3. The van der Waals surface area contributed by atoms with E-state index in [4.69, 9.17) is 37.4 Å². The van der Waals surface area contributed by atoms with Crippen LogP contribution in [0.3, 0.4) is 0 Å². The van der Waals surface area contributed by atoms with E-state index in [1.54, 1.807) is 12.3 Å². The van der Waals surface area contributed by atoms with Crippen LogP contribution in [0.5, 0.6) is 17.4 Å². The fourth-order valence-corrected chi connectivity index (χ4v) is 4.26. The summed E-state index contributed by atoms with van der Waals surface area (Å²) in [5, 5.41) is 7.76. The summed E-state index contributed by atoms with van der Waals surface area (Å²) in [4.78, 5) is 13.8. The van der Waals surface area contributed by atoms with Crippen molar-refractivity contribution in [2.24, 2.45) is 0 Å². The molecule has 34 heavy (non-hydrogen) atoms. The highest BCUT2D eigenvalue weighted by molar-refractivity contribution is 6.41. The maximum Gasteiger partial charge on any atom is 0.224 e. The lowest BCUT2D eigenvalue weighted by atomic mass is 10.1. The van der Waals surface area contributed by atoms with Gasteiger partial charge in [-0.2, -0.15) is 4.98 Å². The third-order valence-corrected chi connectivity index (χ3v) is 6.08. The summed E-state index contributed by atoms with van der Waals surface area (Å²) in [6, 6.07) is 9.44. The largest absolute Gasteiger partial charge is 0.495 e. The molecule has 0 fully saturated rings. The van der Waals surface area contributed by atoms with Crippen molar-refractivity contribution in [1.29, 1.82) is 0 Å². The van der Waals surface area contributed by atoms with Crippen LogP contribution in [0.15, 0.2) is 36.5 Å². The molecule has 0 atom stereocenters. The van der Waals surface area contributed by atoms with Crippen LogP contribution >= 0.6 is 23.2 Å². The number of rotatable bonds is 7. The Morgan fingerprint density at radius 3 is 2.24 bits per heavy atom. The number of benzene rings is 2. The Morgan fingerprint density at radius 1 is 0.912 bits per heavy atom. The highest BCUT2D eigenvalue weighted by Gasteiger charge is 2.22. The Morgan fingerprint density at radius 2 is 1.62 bits per heavy atom.